The van der Waals surface area contributed by atoms with Gasteiger partial charge in [0.15, 0.2) is 5.78 Å². The van der Waals surface area contributed by atoms with E-state index in [2.05, 4.69) is 0 Å². The third-order valence-corrected chi connectivity index (χ3v) is 3.20. The standard InChI is InChI=1S/C17H18O3/c18-16(15-9-5-2-6-10-15)11-12-17(19)20-13-14-7-3-1-4-8-14/h1,3-4,7-9,11-12H,2,5-6,10,13H2/b12-11+. The smallest absolute Gasteiger partial charge is 0.331 e. The highest BCUT2D eigenvalue weighted by Crippen LogP contribution is 2.18. The summed E-state index contributed by atoms with van der Waals surface area (Å²) < 4.78 is 5.07. The summed E-state index contributed by atoms with van der Waals surface area (Å²) in [5.74, 6) is -0.569. The van der Waals surface area contributed by atoms with Gasteiger partial charge in [0.25, 0.3) is 0 Å². The minimum Gasteiger partial charge on any atom is -0.458 e. The average Bonchev–Trinajstić information content (AvgIpc) is 2.52. The monoisotopic (exact) mass is 270 g/mol. The van der Waals surface area contributed by atoms with E-state index in [4.69, 9.17) is 4.74 Å². The Morgan fingerprint density at radius 2 is 1.90 bits per heavy atom. The highest BCUT2D eigenvalue weighted by atomic mass is 16.5. The largest absolute Gasteiger partial charge is 0.458 e. The number of hydrogen-bond donors (Lipinski definition) is 0. The Hall–Kier alpha value is -2.16. The fourth-order valence-corrected chi connectivity index (χ4v) is 2.09. The first-order valence-corrected chi connectivity index (χ1v) is 6.88. The minimum absolute atomic E-state index is 0.0821. The Morgan fingerprint density at radius 3 is 2.60 bits per heavy atom. The van der Waals surface area contributed by atoms with Gasteiger partial charge >= 0.3 is 5.97 Å². The first kappa shape index (κ1) is 14.3. The van der Waals surface area contributed by atoms with Crippen LogP contribution >= 0.6 is 0 Å². The average molecular weight is 270 g/mol. The molecule has 1 aromatic rings. The van der Waals surface area contributed by atoms with Gasteiger partial charge in [-0.25, -0.2) is 4.79 Å². The molecule has 3 heteroatoms. The van der Waals surface area contributed by atoms with Gasteiger partial charge < -0.3 is 4.74 Å². The summed E-state index contributed by atoms with van der Waals surface area (Å²) in [6, 6.07) is 9.45. The summed E-state index contributed by atoms with van der Waals surface area (Å²) in [6.07, 6.45) is 8.43. The lowest BCUT2D eigenvalue weighted by atomic mass is 9.96. The molecule has 0 bridgehead atoms. The van der Waals surface area contributed by atoms with Gasteiger partial charge in [-0.3, -0.25) is 4.79 Å². The molecule has 0 saturated heterocycles. The van der Waals surface area contributed by atoms with Crippen LogP contribution in [0.3, 0.4) is 0 Å². The molecule has 0 heterocycles. The maximum atomic E-state index is 11.8. The first-order valence-electron chi connectivity index (χ1n) is 6.88. The molecular formula is C17H18O3. The summed E-state index contributed by atoms with van der Waals surface area (Å²) in [5, 5.41) is 0. The highest BCUT2D eigenvalue weighted by Gasteiger charge is 2.10. The lowest BCUT2D eigenvalue weighted by Gasteiger charge is -2.08. The Morgan fingerprint density at radius 1 is 1.10 bits per heavy atom. The van der Waals surface area contributed by atoms with E-state index in [1.54, 1.807) is 0 Å². The van der Waals surface area contributed by atoms with Crippen LogP contribution in [0.1, 0.15) is 31.2 Å². The molecule has 104 valence electrons. The molecule has 0 fully saturated rings. The van der Waals surface area contributed by atoms with E-state index < -0.39 is 5.97 Å². The van der Waals surface area contributed by atoms with Crippen molar-refractivity contribution in [3.8, 4) is 0 Å². The lowest BCUT2D eigenvalue weighted by Crippen LogP contribution is -2.05. The van der Waals surface area contributed by atoms with Crippen molar-refractivity contribution in [3.05, 3.63) is 59.7 Å². The SMILES string of the molecule is O=C(/C=C/C(=O)C1=CCCCC1)OCc1ccccc1. The molecule has 0 unspecified atom stereocenters. The van der Waals surface area contributed by atoms with Gasteiger partial charge in [0, 0.05) is 6.08 Å². The number of ether oxygens (including phenoxy) is 1. The van der Waals surface area contributed by atoms with Crippen LogP contribution in [0.4, 0.5) is 0 Å². The van der Waals surface area contributed by atoms with Gasteiger partial charge in [-0.1, -0.05) is 36.4 Å². The first-order chi connectivity index (χ1) is 9.75. The van der Waals surface area contributed by atoms with E-state index in [0.717, 1.165) is 36.8 Å². The number of carbonyl (C=O) groups excluding carboxylic acids is 2. The molecule has 0 radical (unpaired) electrons. The van der Waals surface area contributed by atoms with Gasteiger partial charge in [0.05, 0.1) is 0 Å². The van der Waals surface area contributed by atoms with Crippen LogP contribution in [0.15, 0.2) is 54.1 Å². The van der Waals surface area contributed by atoms with Crippen molar-refractivity contribution in [2.75, 3.05) is 0 Å². The second-order valence-electron chi connectivity index (χ2n) is 4.77. The lowest BCUT2D eigenvalue weighted by molar-refractivity contribution is -0.139. The molecule has 20 heavy (non-hydrogen) atoms. The van der Waals surface area contributed by atoms with Crippen molar-refractivity contribution in [2.45, 2.75) is 32.3 Å². The van der Waals surface area contributed by atoms with Gasteiger partial charge in [0.1, 0.15) is 6.61 Å². The quantitative estimate of drug-likeness (QED) is 0.608. The molecule has 0 aromatic heterocycles. The highest BCUT2D eigenvalue weighted by molar-refractivity contribution is 6.06. The third kappa shape index (κ3) is 4.50. The van der Waals surface area contributed by atoms with Crippen LogP contribution in [0.2, 0.25) is 0 Å². The van der Waals surface area contributed by atoms with E-state index in [1.807, 2.05) is 36.4 Å². The fraction of sp³-hybridized carbons (Fsp3) is 0.294. The third-order valence-electron chi connectivity index (χ3n) is 3.20. The Bertz CT molecular complexity index is 526. The molecule has 2 rings (SSSR count). The zero-order chi connectivity index (χ0) is 14.2. The van der Waals surface area contributed by atoms with E-state index in [0.29, 0.717) is 0 Å². The molecule has 0 saturated carbocycles. The summed E-state index contributed by atoms with van der Waals surface area (Å²) in [4.78, 5) is 23.3. The summed E-state index contributed by atoms with van der Waals surface area (Å²) in [7, 11) is 0. The second-order valence-corrected chi connectivity index (χ2v) is 4.77. The number of hydrogen-bond acceptors (Lipinski definition) is 3. The maximum absolute atomic E-state index is 11.8. The molecule has 1 aromatic carbocycles. The van der Waals surface area contributed by atoms with Crippen LogP contribution in [0.25, 0.3) is 0 Å². The molecule has 0 N–H and O–H groups in total. The van der Waals surface area contributed by atoms with Crippen molar-refractivity contribution in [2.24, 2.45) is 0 Å². The number of rotatable bonds is 5. The van der Waals surface area contributed by atoms with Crippen LogP contribution in [0.5, 0.6) is 0 Å². The van der Waals surface area contributed by atoms with E-state index in [9.17, 15) is 9.59 Å². The van der Waals surface area contributed by atoms with Gasteiger partial charge in [-0.2, -0.15) is 0 Å². The molecule has 0 amide bonds. The second kappa shape index (κ2) is 7.43. The molecule has 0 atom stereocenters. The Labute approximate surface area is 118 Å². The summed E-state index contributed by atoms with van der Waals surface area (Å²) in [6.45, 7) is 0.223. The van der Waals surface area contributed by atoms with Crippen molar-refractivity contribution in [1.82, 2.24) is 0 Å². The van der Waals surface area contributed by atoms with Crippen LogP contribution < -0.4 is 0 Å². The number of benzene rings is 1. The molecule has 3 nitrogen and oxygen atoms in total. The fourth-order valence-electron chi connectivity index (χ4n) is 2.09. The number of esters is 1. The number of ketones is 1. The zero-order valence-electron chi connectivity index (χ0n) is 11.4. The van der Waals surface area contributed by atoms with Crippen molar-refractivity contribution in [1.29, 1.82) is 0 Å². The molecule has 1 aliphatic rings. The van der Waals surface area contributed by atoms with Crippen molar-refractivity contribution in [3.63, 3.8) is 0 Å². The summed E-state index contributed by atoms with van der Waals surface area (Å²) in [5.41, 5.74) is 1.74. The molecular weight excluding hydrogens is 252 g/mol. The Balaban J connectivity index is 1.80. The minimum atomic E-state index is -0.487. The Kier molecular flexibility index (Phi) is 5.30. The van der Waals surface area contributed by atoms with E-state index in [1.165, 1.54) is 12.2 Å². The molecule has 1 aliphatic carbocycles. The zero-order valence-corrected chi connectivity index (χ0v) is 11.4. The molecule has 0 spiro atoms. The van der Waals surface area contributed by atoms with Crippen LogP contribution in [-0.4, -0.2) is 11.8 Å². The normalized spacial score (nSPS) is 14.9. The maximum Gasteiger partial charge on any atom is 0.331 e. The predicted octanol–water partition coefficient (Wildman–Crippen LogP) is 3.36. The van der Waals surface area contributed by atoms with Gasteiger partial charge in [0.2, 0.25) is 0 Å². The number of carbonyl (C=O) groups is 2. The number of allylic oxidation sites excluding steroid dienone is 3. The topological polar surface area (TPSA) is 43.4 Å². The van der Waals surface area contributed by atoms with Crippen LogP contribution in [-0.2, 0) is 20.9 Å². The van der Waals surface area contributed by atoms with Gasteiger partial charge in [-0.05, 0) is 42.9 Å². The van der Waals surface area contributed by atoms with Crippen molar-refractivity contribution < 1.29 is 14.3 Å². The van der Waals surface area contributed by atoms with Crippen LogP contribution in [0, 0.1) is 0 Å². The van der Waals surface area contributed by atoms with Gasteiger partial charge in [-0.15, -0.1) is 0 Å². The van der Waals surface area contributed by atoms with E-state index in [-0.39, 0.29) is 12.4 Å². The summed E-state index contributed by atoms with van der Waals surface area (Å²) >= 11 is 0. The predicted molar refractivity (Wildman–Crippen MR) is 76.9 cm³/mol. The molecule has 0 aliphatic heterocycles. The van der Waals surface area contributed by atoms with E-state index >= 15 is 0 Å². The van der Waals surface area contributed by atoms with Crippen molar-refractivity contribution >= 4 is 11.8 Å².